The monoisotopic (exact) mass is 381 g/mol. The lowest BCUT2D eigenvalue weighted by Gasteiger charge is -2.28. The van der Waals surface area contributed by atoms with E-state index in [0.29, 0.717) is 23.1 Å². The van der Waals surface area contributed by atoms with Crippen LogP contribution in [-0.2, 0) is 11.2 Å². The van der Waals surface area contributed by atoms with Crippen molar-refractivity contribution in [3.8, 4) is 0 Å². The number of carbonyl (C=O) groups excluding carboxylic acids is 1. The van der Waals surface area contributed by atoms with Gasteiger partial charge < -0.3 is 0 Å². The molecule has 1 aromatic heterocycles. The maximum atomic E-state index is 13.7. The Hall–Kier alpha value is -2.26. The summed E-state index contributed by atoms with van der Waals surface area (Å²) in [4.78, 5) is 17.0. The van der Waals surface area contributed by atoms with Gasteiger partial charge in [-0.1, -0.05) is 23.7 Å². The zero-order valence-corrected chi connectivity index (χ0v) is 15.8. The molecule has 2 nitrogen and oxygen atoms in total. The molecule has 0 saturated heterocycles. The van der Waals surface area contributed by atoms with Crippen LogP contribution in [0.1, 0.15) is 42.7 Å². The van der Waals surface area contributed by atoms with Gasteiger partial charge in [0.25, 0.3) is 0 Å². The van der Waals surface area contributed by atoms with Crippen molar-refractivity contribution in [3.63, 3.8) is 0 Å². The molecule has 27 heavy (non-hydrogen) atoms. The first-order valence-electron chi connectivity index (χ1n) is 9.41. The minimum Gasteiger partial charge on any atom is -0.299 e. The molecule has 138 valence electrons. The summed E-state index contributed by atoms with van der Waals surface area (Å²) in [5.74, 6) is 0.545. The van der Waals surface area contributed by atoms with Gasteiger partial charge >= 0.3 is 0 Å². The summed E-state index contributed by atoms with van der Waals surface area (Å²) in [6.07, 6.45) is 5.94. The number of carbonyl (C=O) groups is 1. The van der Waals surface area contributed by atoms with Gasteiger partial charge in [0.2, 0.25) is 0 Å². The highest BCUT2D eigenvalue weighted by atomic mass is 35.5. The lowest BCUT2D eigenvalue weighted by Crippen LogP contribution is -2.22. The number of benzene rings is 2. The average molecular weight is 382 g/mol. The van der Waals surface area contributed by atoms with Gasteiger partial charge in [-0.3, -0.25) is 9.78 Å². The number of Topliss-reactive ketones (excluding diaryl/α,β-unsaturated/α-hetero) is 1. The van der Waals surface area contributed by atoms with Gasteiger partial charge in [0, 0.05) is 28.9 Å². The van der Waals surface area contributed by atoms with Crippen molar-refractivity contribution in [3.05, 3.63) is 76.7 Å². The number of ketones is 1. The standard InChI is InChI=1S/C23H21ClFNO/c24-18-7-1-15(2-8-18)13-23(27)17-5-3-16(4-6-17)20-11-12-26-22-10-9-19(25)14-21(20)22/h1-2,7-12,14,16-17H,3-6,13H2. The molecular weight excluding hydrogens is 361 g/mol. The molecule has 3 aromatic rings. The molecule has 4 heteroatoms. The van der Waals surface area contributed by atoms with Gasteiger partial charge in [-0.2, -0.15) is 0 Å². The van der Waals surface area contributed by atoms with Crippen LogP contribution in [0.4, 0.5) is 4.39 Å². The van der Waals surface area contributed by atoms with Gasteiger partial charge in [0.1, 0.15) is 11.6 Å². The molecule has 1 heterocycles. The van der Waals surface area contributed by atoms with E-state index in [1.807, 2.05) is 30.3 Å². The first-order chi connectivity index (χ1) is 13.1. The summed E-state index contributed by atoms with van der Waals surface area (Å²) in [5, 5.41) is 1.58. The number of halogens is 2. The van der Waals surface area contributed by atoms with Crippen molar-refractivity contribution >= 4 is 28.3 Å². The topological polar surface area (TPSA) is 30.0 Å². The van der Waals surface area contributed by atoms with Crippen molar-refractivity contribution in [2.24, 2.45) is 5.92 Å². The summed E-state index contributed by atoms with van der Waals surface area (Å²) >= 11 is 5.91. The second kappa shape index (κ2) is 7.77. The highest BCUT2D eigenvalue weighted by Gasteiger charge is 2.27. The highest BCUT2D eigenvalue weighted by Crippen LogP contribution is 2.39. The normalized spacial score (nSPS) is 19.9. The van der Waals surface area contributed by atoms with Crippen LogP contribution in [-0.4, -0.2) is 10.8 Å². The fraction of sp³-hybridized carbons (Fsp3) is 0.304. The Bertz CT molecular complexity index is 962. The molecule has 0 unspecified atom stereocenters. The third kappa shape index (κ3) is 4.03. The number of pyridine rings is 1. The first-order valence-corrected chi connectivity index (χ1v) is 9.79. The van der Waals surface area contributed by atoms with Gasteiger partial charge in [0.15, 0.2) is 0 Å². The minimum atomic E-state index is -0.233. The Morgan fingerprint density at radius 3 is 2.52 bits per heavy atom. The summed E-state index contributed by atoms with van der Waals surface area (Å²) in [5.41, 5.74) is 3.00. The SMILES string of the molecule is O=C(Cc1ccc(Cl)cc1)C1CCC(c2ccnc3ccc(F)cc23)CC1. The third-order valence-corrected chi connectivity index (χ3v) is 5.90. The summed E-state index contributed by atoms with van der Waals surface area (Å²) in [6.45, 7) is 0. The smallest absolute Gasteiger partial charge is 0.140 e. The van der Waals surface area contributed by atoms with Crippen LogP contribution >= 0.6 is 11.6 Å². The molecule has 0 bridgehead atoms. The maximum absolute atomic E-state index is 13.7. The number of aromatic nitrogens is 1. The van der Waals surface area contributed by atoms with Crippen LogP contribution in [0.15, 0.2) is 54.7 Å². The zero-order valence-electron chi connectivity index (χ0n) is 15.0. The largest absolute Gasteiger partial charge is 0.299 e. The molecular formula is C23H21ClFNO. The van der Waals surface area contributed by atoms with E-state index >= 15 is 0 Å². The zero-order chi connectivity index (χ0) is 18.8. The highest BCUT2D eigenvalue weighted by molar-refractivity contribution is 6.30. The second-order valence-electron chi connectivity index (χ2n) is 7.38. The van der Waals surface area contributed by atoms with Crippen molar-refractivity contribution in [1.82, 2.24) is 4.98 Å². The lowest BCUT2D eigenvalue weighted by molar-refractivity contribution is -0.123. The van der Waals surface area contributed by atoms with E-state index in [0.717, 1.165) is 47.7 Å². The van der Waals surface area contributed by atoms with E-state index in [-0.39, 0.29) is 11.7 Å². The van der Waals surface area contributed by atoms with Crippen LogP contribution in [0, 0.1) is 11.7 Å². The van der Waals surface area contributed by atoms with Crippen LogP contribution in [0.2, 0.25) is 5.02 Å². The molecule has 1 saturated carbocycles. The van der Waals surface area contributed by atoms with Crippen LogP contribution < -0.4 is 0 Å². The number of hydrogen-bond acceptors (Lipinski definition) is 2. The first kappa shape index (κ1) is 18.1. The van der Waals surface area contributed by atoms with Crippen LogP contribution in [0.3, 0.4) is 0 Å². The van der Waals surface area contributed by atoms with Crippen molar-refractivity contribution in [2.75, 3.05) is 0 Å². The van der Waals surface area contributed by atoms with Gasteiger partial charge in [0.05, 0.1) is 5.52 Å². The molecule has 0 radical (unpaired) electrons. The van der Waals surface area contributed by atoms with E-state index in [4.69, 9.17) is 11.6 Å². The molecule has 4 rings (SSSR count). The molecule has 0 amide bonds. The van der Waals surface area contributed by atoms with Crippen LogP contribution in [0.5, 0.6) is 0 Å². The second-order valence-corrected chi connectivity index (χ2v) is 7.82. The Morgan fingerprint density at radius 1 is 1.04 bits per heavy atom. The van der Waals surface area contributed by atoms with E-state index in [2.05, 4.69) is 4.98 Å². The molecule has 0 N–H and O–H groups in total. The fourth-order valence-corrected chi connectivity index (χ4v) is 4.30. The fourth-order valence-electron chi connectivity index (χ4n) is 4.17. The Morgan fingerprint density at radius 2 is 1.78 bits per heavy atom. The summed E-state index contributed by atoms with van der Waals surface area (Å²) in [7, 11) is 0. The van der Waals surface area contributed by atoms with Crippen molar-refractivity contribution in [2.45, 2.75) is 38.0 Å². The predicted molar refractivity (Wildman–Crippen MR) is 107 cm³/mol. The molecule has 1 aliphatic rings. The number of hydrogen-bond donors (Lipinski definition) is 0. The molecule has 0 atom stereocenters. The van der Waals surface area contributed by atoms with Gasteiger partial charge in [-0.15, -0.1) is 0 Å². The average Bonchev–Trinajstić information content (AvgIpc) is 2.69. The van der Waals surface area contributed by atoms with Gasteiger partial charge in [-0.05, 0) is 79.1 Å². The minimum absolute atomic E-state index is 0.113. The molecule has 2 aromatic carbocycles. The maximum Gasteiger partial charge on any atom is 0.140 e. The number of nitrogens with zero attached hydrogens (tertiary/aromatic N) is 1. The summed E-state index contributed by atoms with van der Waals surface area (Å²) in [6, 6.07) is 14.3. The Labute approximate surface area is 163 Å². The van der Waals surface area contributed by atoms with E-state index in [9.17, 15) is 9.18 Å². The van der Waals surface area contributed by atoms with E-state index in [1.54, 1.807) is 18.3 Å². The van der Waals surface area contributed by atoms with Crippen molar-refractivity contribution in [1.29, 1.82) is 0 Å². The number of fused-ring (bicyclic) bond motifs is 1. The third-order valence-electron chi connectivity index (χ3n) is 5.65. The Kier molecular flexibility index (Phi) is 5.22. The quantitative estimate of drug-likeness (QED) is 0.545. The van der Waals surface area contributed by atoms with E-state index < -0.39 is 0 Å². The molecule has 0 spiro atoms. The van der Waals surface area contributed by atoms with Crippen molar-refractivity contribution < 1.29 is 9.18 Å². The summed E-state index contributed by atoms with van der Waals surface area (Å²) < 4.78 is 13.7. The van der Waals surface area contributed by atoms with E-state index in [1.165, 1.54) is 6.07 Å². The molecule has 1 fully saturated rings. The predicted octanol–water partition coefficient (Wildman–Crippen LogP) is 6.11. The van der Waals surface area contributed by atoms with Gasteiger partial charge in [-0.25, -0.2) is 4.39 Å². The lowest BCUT2D eigenvalue weighted by atomic mass is 9.76. The van der Waals surface area contributed by atoms with Crippen LogP contribution in [0.25, 0.3) is 10.9 Å². The Balaban J connectivity index is 1.44. The molecule has 1 aliphatic carbocycles. The number of rotatable bonds is 4. The molecule has 0 aliphatic heterocycles.